The maximum absolute atomic E-state index is 12.9. The third kappa shape index (κ3) is 2.01. The first-order valence-corrected chi connectivity index (χ1v) is 7.79. The summed E-state index contributed by atoms with van der Waals surface area (Å²) in [5.74, 6) is 3.87. The second kappa shape index (κ2) is 4.59. The van der Waals surface area contributed by atoms with Gasteiger partial charge in [-0.25, -0.2) is 4.39 Å². The summed E-state index contributed by atoms with van der Waals surface area (Å²) < 4.78 is 12.9. The highest BCUT2D eigenvalue weighted by Gasteiger charge is 2.53. The Labute approximate surface area is 114 Å². The molecule has 3 saturated carbocycles. The zero-order chi connectivity index (χ0) is 12.8. The van der Waals surface area contributed by atoms with Crippen LogP contribution in [0.2, 0.25) is 0 Å². The number of hydrogen-bond donors (Lipinski definition) is 1. The summed E-state index contributed by atoms with van der Waals surface area (Å²) >= 11 is 0. The molecule has 2 bridgehead atoms. The molecule has 0 saturated heterocycles. The van der Waals surface area contributed by atoms with Gasteiger partial charge in [0.25, 0.3) is 0 Å². The SMILES string of the molecule is Fc1ccc(CNC2CC3CC2C2CCCC32)cc1. The van der Waals surface area contributed by atoms with Crippen LogP contribution in [-0.4, -0.2) is 6.04 Å². The van der Waals surface area contributed by atoms with Crippen LogP contribution in [0.15, 0.2) is 24.3 Å². The standard InChI is InChI=1S/C17H22FN/c18-13-6-4-11(5-7-13)10-19-17-9-12-8-16(17)15-3-1-2-14(12)15/h4-7,12,14-17,19H,1-3,8-10H2. The van der Waals surface area contributed by atoms with Gasteiger partial charge in [0.15, 0.2) is 0 Å². The lowest BCUT2D eigenvalue weighted by Gasteiger charge is -2.32. The van der Waals surface area contributed by atoms with E-state index in [2.05, 4.69) is 5.32 Å². The van der Waals surface area contributed by atoms with Gasteiger partial charge in [-0.05, 0) is 67.1 Å². The Bertz CT molecular complexity index is 455. The maximum atomic E-state index is 12.9. The van der Waals surface area contributed by atoms with Crippen molar-refractivity contribution in [3.63, 3.8) is 0 Å². The van der Waals surface area contributed by atoms with Gasteiger partial charge in [0.1, 0.15) is 5.82 Å². The lowest BCUT2D eigenvalue weighted by Crippen LogP contribution is -2.38. The predicted molar refractivity (Wildman–Crippen MR) is 74.1 cm³/mol. The second-order valence-corrected chi connectivity index (χ2v) is 6.77. The summed E-state index contributed by atoms with van der Waals surface area (Å²) in [7, 11) is 0. The smallest absolute Gasteiger partial charge is 0.123 e. The van der Waals surface area contributed by atoms with Crippen LogP contribution in [0.25, 0.3) is 0 Å². The van der Waals surface area contributed by atoms with E-state index >= 15 is 0 Å². The van der Waals surface area contributed by atoms with Gasteiger partial charge >= 0.3 is 0 Å². The summed E-state index contributed by atoms with van der Waals surface area (Å²) in [6.45, 7) is 0.894. The molecule has 4 rings (SSSR count). The maximum Gasteiger partial charge on any atom is 0.123 e. The Morgan fingerprint density at radius 2 is 1.79 bits per heavy atom. The minimum absolute atomic E-state index is 0.141. The van der Waals surface area contributed by atoms with Crippen molar-refractivity contribution in [3.8, 4) is 0 Å². The molecule has 0 heterocycles. The van der Waals surface area contributed by atoms with E-state index < -0.39 is 0 Å². The van der Waals surface area contributed by atoms with Crippen molar-refractivity contribution < 1.29 is 4.39 Å². The highest BCUT2D eigenvalue weighted by atomic mass is 19.1. The molecule has 0 spiro atoms. The van der Waals surface area contributed by atoms with Crippen LogP contribution in [0, 0.1) is 29.5 Å². The van der Waals surface area contributed by atoms with Gasteiger partial charge < -0.3 is 5.32 Å². The van der Waals surface area contributed by atoms with Crippen LogP contribution in [0.3, 0.4) is 0 Å². The molecule has 0 radical (unpaired) electrons. The van der Waals surface area contributed by atoms with Crippen LogP contribution in [0.1, 0.15) is 37.7 Å². The summed E-state index contributed by atoms with van der Waals surface area (Å²) in [5, 5.41) is 3.74. The first-order valence-electron chi connectivity index (χ1n) is 7.79. The molecule has 5 unspecified atom stereocenters. The van der Waals surface area contributed by atoms with E-state index in [0.717, 1.165) is 36.3 Å². The highest BCUT2D eigenvalue weighted by molar-refractivity contribution is 5.16. The third-order valence-electron chi connectivity index (χ3n) is 5.91. The van der Waals surface area contributed by atoms with Crippen molar-refractivity contribution >= 4 is 0 Å². The number of benzene rings is 1. The normalized spacial score (nSPS) is 39.7. The Morgan fingerprint density at radius 1 is 1.00 bits per heavy atom. The molecule has 102 valence electrons. The Kier molecular flexibility index (Phi) is 2.87. The molecule has 1 aromatic carbocycles. The van der Waals surface area contributed by atoms with Crippen molar-refractivity contribution in [2.45, 2.75) is 44.7 Å². The minimum atomic E-state index is -0.141. The molecule has 2 heteroatoms. The number of fused-ring (bicyclic) bond motifs is 5. The molecule has 1 aromatic rings. The van der Waals surface area contributed by atoms with Crippen LogP contribution in [0.4, 0.5) is 4.39 Å². The van der Waals surface area contributed by atoms with Crippen molar-refractivity contribution in [1.82, 2.24) is 5.32 Å². The zero-order valence-corrected chi connectivity index (χ0v) is 11.3. The average molecular weight is 259 g/mol. The number of rotatable bonds is 3. The average Bonchev–Trinajstić information content (AvgIpc) is 3.10. The molecule has 1 N–H and O–H groups in total. The van der Waals surface area contributed by atoms with E-state index in [1.165, 1.54) is 37.7 Å². The van der Waals surface area contributed by atoms with Gasteiger partial charge in [0, 0.05) is 12.6 Å². The van der Waals surface area contributed by atoms with Crippen LogP contribution in [-0.2, 0) is 6.54 Å². The zero-order valence-electron chi connectivity index (χ0n) is 11.3. The molecular formula is C17H22FN. The lowest BCUT2D eigenvalue weighted by molar-refractivity contribution is 0.208. The van der Waals surface area contributed by atoms with Gasteiger partial charge in [-0.2, -0.15) is 0 Å². The van der Waals surface area contributed by atoms with E-state index in [-0.39, 0.29) is 5.82 Å². The Hall–Kier alpha value is -0.890. The summed E-state index contributed by atoms with van der Waals surface area (Å²) in [6, 6.07) is 7.63. The first kappa shape index (κ1) is 11.9. The van der Waals surface area contributed by atoms with Crippen molar-refractivity contribution in [2.75, 3.05) is 0 Å². The molecular weight excluding hydrogens is 237 g/mol. The summed E-state index contributed by atoms with van der Waals surface area (Å²) in [5.41, 5.74) is 1.20. The van der Waals surface area contributed by atoms with E-state index in [4.69, 9.17) is 0 Å². The quantitative estimate of drug-likeness (QED) is 0.872. The fourth-order valence-electron chi connectivity index (χ4n) is 5.15. The highest BCUT2D eigenvalue weighted by Crippen LogP contribution is 2.58. The second-order valence-electron chi connectivity index (χ2n) is 6.77. The first-order chi connectivity index (χ1) is 9.31. The van der Waals surface area contributed by atoms with Crippen LogP contribution < -0.4 is 5.32 Å². The fraction of sp³-hybridized carbons (Fsp3) is 0.647. The molecule has 0 aromatic heterocycles. The lowest BCUT2D eigenvalue weighted by atomic mass is 9.79. The van der Waals surface area contributed by atoms with Crippen LogP contribution >= 0.6 is 0 Å². The van der Waals surface area contributed by atoms with Gasteiger partial charge in [0.2, 0.25) is 0 Å². The molecule has 0 amide bonds. The van der Waals surface area contributed by atoms with E-state index in [1.807, 2.05) is 12.1 Å². The number of halogens is 1. The number of nitrogens with one attached hydrogen (secondary N) is 1. The van der Waals surface area contributed by atoms with Crippen molar-refractivity contribution in [1.29, 1.82) is 0 Å². The molecule has 1 nitrogen and oxygen atoms in total. The molecule has 0 aliphatic heterocycles. The molecule has 5 atom stereocenters. The molecule has 19 heavy (non-hydrogen) atoms. The van der Waals surface area contributed by atoms with Gasteiger partial charge in [-0.3, -0.25) is 0 Å². The van der Waals surface area contributed by atoms with Crippen molar-refractivity contribution in [3.05, 3.63) is 35.6 Å². The van der Waals surface area contributed by atoms with E-state index in [0.29, 0.717) is 0 Å². The largest absolute Gasteiger partial charge is 0.310 e. The molecule has 3 fully saturated rings. The summed E-state index contributed by atoms with van der Waals surface area (Å²) in [6.07, 6.45) is 7.29. The third-order valence-corrected chi connectivity index (χ3v) is 5.91. The van der Waals surface area contributed by atoms with Crippen molar-refractivity contribution in [2.24, 2.45) is 23.7 Å². The molecule has 3 aliphatic carbocycles. The Morgan fingerprint density at radius 3 is 2.63 bits per heavy atom. The topological polar surface area (TPSA) is 12.0 Å². The van der Waals surface area contributed by atoms with E-state index in [9.17, 15) is 4.39 Å². The van der Waals surface area contributed by atoms with Gasteiger partial charge in [-0.15, -0.1) is 0 Å². The monoisotopic (exact) mass is 259 g/mol. The molecule has 3 aliphatic rings. The Balaban J connectivity index is 1.38. The minimum Gasteiger partial charge on any atom is -0.310 e. The predicted octanol–water partition coefficient (Wildman–Crippen LogP) is 3.74. The van der Waals surface area contributed by atoms with Gasteiger partial charge in [-0.1, -0.05) is 18.6 Å². The van der Waals surface area contributed by atoms with Gasteiger partial charge in [0.05, 0.1) is 0 Å². The van der Waals surface area contributed by atoms with Crippen LogP contribution in [0.5, 0.6) is 0 Å². The fourth-order valence-corrected chi connectivity index (χ4v) is 5.15. The summed E-state index contributed by atoms with van der Waals surface area (Å²) in [4.78, 5) is 0. The number of hydrogen-bond acceptors (Lipinski definition) is 1. The van der Waals surface area contributed by atoms with E-state index in [1.54, 1.807) is 12.1 Å².